The molecule has 0 saturated carbocycles. The zero-order chi connectivity index (χ0) is 13.2. The Morgan fingerprint density at radius 2 is 1.89 bits per heavy atom. The standard InChI is InChI=1S/C13H20F3NO/c14-13(15,16)12(18)6-8-17(9-7-12)10-11-4-2-1-3-5-11/h1-2,11,18H,3-10H2/t11-/m1/s1. The third kappa shape index (κ3) is 3.06. The maximum atomic E-state index is 12.6. The minimum Gasteiger partial charge on any atom is -0.380 e. The van der Waals surface area contributed by atoms with Crippen LogP contribution in [0.4, 0.5) is 13.2 Å². The molecular formula is C13H20F3NO. The van der Waals surface area contributed by atoms with E-state index in [1.54, 1.807) is 0 Å². The lowest BCUT2D eigenvalue weighted by Crippen LogP contribution is -2.53. The molecule has 0 aromatic carbocycles. The first kappa shape index (κ1) is 13.9. The third-order valence-electron chi connectivity index (χ3n) is 4.10. The zero-order valence-corrected chi connectivity index (χ0v) is 10.4. The quantitative estimate of drug-likeness (QED) is 0.774. The van der Waals surface area contributed by atoms with Gasteiger partial charge < -0.3 is 10.0 Å². The van der Waals surface area contributed by atoms with E-state index >= 15 is 0 Å². The van der Waals surface area contributed by atoms with Gasteiger partial charge in [-0.3, -0.25) is 0 Å². The van der Waals surface area contributed by atoms with E-state index in [1.165, 1.54) is 0 Å². The largest absolute Gasteiger partial charge is 0.417 e. The first-order valence-corrected chi connectivity index (χ1v) is 6.57. The van der Waals surface area contributed by atoms with Crippen molar-refractivity contribution in [3.63, 3.8) is 0 Å². The summed E-state index contributed by atoms with van der Waals surface area (Å²) in [6, 6.07) is 0. The fraction of sp³-hybridized carbons (Fsp3) is 0.846. The van der Waals surface area contributed by atoms with Gasteiger partial charge in [0, 0.05) is 19.6 Å². The lowest BCUT2D eigenvalue weighted by Gasteiger charge is -2.40. The van der Waals surface area contributed by atoms with Gasteiger partial charge in [-0.05, 0) is 38.0 Å². The Morgan fingerprint density at radius 3 is 2.39 bits per heavy atom. The molecule has 1 saturated heterocycles. The lowest BCUT2D eigenvalue weighted by molar-refractivity contribution is -0.272. The average molecular weight is 263 g/mol. The van der Waals surface area contributed by atoms with E-state index in [-0.39, 0.29) is 12.8 Å². The molecule has 0 aromatic heterocycles. The number of allylic oxidation sites excluding steroid dienone is 2. The van der Waals surface area contributed by atoms with Crippen molar-refractivity contribution in [1.29, 1.82) is 0 Å². The van der Waals surface area contributed by atoms with Crippen molar-refractivity contribution >= 4 is 0 Å². The molecule has 18 heavy (non-hydrogen) atoms. The second-order valence-corrected chi connectivity index (χ2v) is 5.48. The van der Waals surface area contributed by atoms with Gasteiger partial charge in [-0.25, -0.2) is 0 Å². The number of hydrogen-bond acceptors (Lipinski definition) is 2. The second-order valence-electron chi connectivity index (χ2n) is 5.48. The van der Waals surface area contributed by atoms with Crippen molar-refractivity contribution < 1.29 is 18.3 Å². The lowest BCUT2D eigenvalue weighted by atomic mass is 9.88. The number of halogens is 3. The van der Waals surface area contributed by atoms with Crippen LogP contribution in [0.3, 0.4) is 0 Å². The van der Waals surface area contributed by atoms with Crippen molar-refractivity contribution in [3.05, 3.63) is 12.2 Å². The second kappa shape index (κ2) is 5.21. The number of rotatable bonds is 2. The van der Waals surface area contributed by atoms with Crippen LogP contribution in [0, 0.1) is 5.92 Å². The van der Waals surface area contributed by atoms with Gasteiger partial charge in [0.25, 0.3) is 0 Å². The minimum absolute atomic E-state index is 0.195. The molecule has 1 heterocycles. The van der Waals surface area contributed by atoms with E-state index in [0.29, 0.717) is 19.0 Å². The van der Waals surface area contributed by atoms with Crippen LogP contribution in [0.2, 0.25) is 0 Å². The van der Waals surface area contributed by atoms with Crippen molar-refractivity contribution in [2.24, 2.45) is 5.92 Å². The number of piperidine rings is 1. The number of aliphatic hydroxyl groups is 1. The molecular weight excluding hydrogens is 243 g/mol. The number of hydrogen-bond donors (Lipinski definition) is 1. The van der Waals surface area contributed by atoms with Crippen molar-refractivity contribution in [2.45, 2.75) is 43.9 Å². The maximum absolute atomic E-state index is 12.6. The number of likely N-dealkylation sites (tertiary alicyclic amines) is 1. The van der Waals surface area contributed by atoms with Gasteiger partial charge in [0.05, 0.1) is 0 Å². The van der Waals surface area contributed by atoms with E-state index < -0.39 is 11.8 Å². The molecule has 1 N–H and O–H groups in total. The Morgan fingerprint density at radius 1 is 1.22 bits per heavy atom. The predicted octanol–water partition coefficient (Wildman–Crippen LogP) is 2.73. The summed E-state index contributed by atoms with van der Waals surface area (Å²) < 4.78 is 37.9. The fourth-order valence-electron chi connectivity index (χ4n) is 2.78. The van der Waals surface area contributed by atoms with Gasteiger partial charge in [0.1, 0.15) is 0 Å². The summed E-state index contributed by atoms with van der Waals surface area (Å²) >= 11 is 0. The van der Waals surface area contributed by atoms with Crippen molar-refractivity contribution in [1.82, 2.24) is 4.90 Å². The Labute approximate surface area is 105 Å². The molecule has 2 aliphatic rings. The highest BCUT2D eigenvalue weighted by Gasteiger charge is 2.54. The highest BCUT2D eigenvalue weighted by atomic mass is 19.4. The molecule has 0 unspecified atom stereocenters. The molecule has 0 amide bonds. The molecule has 0 radical (unpaired) electrons. The topological polar surface area (TPSA) is 23.5 Å². The van der Waals surface area contributed by atoms with Gasteiger partial charge in [0.2, 0.25) is 0 Å². The van der Waals surface area contributed by atoms with Gasteiger partial charge in [-0.1, -0.05) is 12.2 Å². The van der Waals surface area contributed by atoms with Crippen LogP contribution in [-0.2, 0) is 0 Å². The summed E-state index contributed by atoms with van der Waals surface area (Å²) in [4.78, 5) is 2.06. The first-order valence-electron chi connectivity index (χ1n) is 6.57. The van der Waals surface area contributed by atoms with E-state index in [4.69, 9.17) is 0 Å². The van der Waals surface area contributed by atoms with Crippen LogP contribution in [0.5, 0.6) is 0 Å². The van der Waals surface area contributed by atoms with Gasteiger partial charge in [-0.2, -0.15) is 13.2 Å². The minimum atomic E-state index is -4.49. The molecule has 2 rings (SSSR count). The Balaban J connectivity index is 1.81. The Bertz CT molecular complexity index is 306. The number of nitrogens with zero attached hydrogens (tertiary/aromatic N) is 1. The fourth-order valence-corrected chi connectivity index (χ4v) is 2.78. The van der Waals surface area contributed by atoms with E-state index in [9.17, 15) is 18.3 Å². The summed E-state index contributed by atoms with van der Waals surface area (Å²) in [5, 5.41) is 9.57. The van der Waals surface area contributed by atoms with Crippen LogP contribution in [0.1, 0.15) is 32.1 Å². The van der Waals surface area contributed by atoms with Crippen LogP contribution < -0.4 is 0 Å². The monoisotopic (exact) mass is 263 g/mol. The maximum Gasteiger partial charge on any atom is 0.417 e. The smallest absolute Gasteiger partial charge is 0.380 e. The number of alkyl halides is 3. The summed E-state index contributed by atoms with van der Waals surface area (Å²) in [6.07, 6.45) is 2.66. The molecule has 1 fully saturated rings. The van der Waals surface area contributed by atoms with Gasteiger partial charge >= 0.3 is 6.18 Å². The van der Waals surface area contributed by atoms with E-state index in [1.807, 2.05) is 0 Å². The van der Waals surface area contributed by atoms with Crippen molar-refractivity contribution in [3.8, 4) is 0 Å². The van der Waals surface area contributed by atoms with Crippen LogP contribution in [0.15, 0.2) is 12.2 Å². The summed E-state index contributed by atoms with van der Waals surface area (Å²) in [5.74, 6) is 0.562. The molecule has 0 aromatic rings. The van der Waals surface area contributed by atoms with Gasteiger partial charge in [0.15, 0.2) is 5.60 Å². The summed E-state index contributed by atoms with van der Waals surface area (Å²) in [7, 11) is 0. The molecule has 1 atom stereocenters. The highest BCUT2D eigenvalue weighted by molar-refractivity contribution is 4.94. The van der Waals surface area contributed by atoms with Crippen LogP contribution in [-0.4, -0.2) is 41.4 Å². The Kier molecular flexibility index (Phi) is 4.02. The van der Waals surface area contributed by atoms with Crippen LogP contribution >= 0.6 is 0 Å². The molecule has 104 valence electrons. The molecule has 1 aliphatic heterocycles. The zero-order valence-electron chi connectivity index (χ0n) is 10.4. The van der Waals surface area contributed by atoms with Crippen molar-refractivity contribution in [2.75, 3.05) is 19.6 Å². The molecule has 1 aliphatic carbocycles. The molecule has 2 nitrogen and oxygen atoms in total. The predicted molar refractivity (Wildman–Crippen MR) is 63.2 cm³/mol. The summed E-state index contributed by atoms with van der Waals surface area (Å²) in [6.45, 7) is 1.55. The third-order valence-corrected chi connectivity index (χ3v) is 4.10. The highest BCUT2D eigenvalue weighted by Crippen LogP contribution is 2.38. The molecule has 0 bridgehead atoms. The normalized spacial score (nSPS) is 29.4. The van der Waals surface area contributed by atoms with Gasteiger partial charge in [-0.15, -0.1) is 0 Å². The molecule has 0 spiro atoms. The summed E-state index contributed by atoms with van der Waals surface area (Å²) in [5.41, 5.74) is -2.46. The Hall–Kier alpha value is -0.550. The van der Waals surface area contributed by atoms with Crippen LogP contribution in [0.25, 0.3) is 0 Å². The first-order chi connectivity index (χ1) is 8.41. The molecule has 5 heteroatoms. The van der Waals surface area contributed by atoms with E-state index in [0.717, 1.165) is 25.8 Å². The average Bonchev–Trinajstić information content (AvgIpc) is 2.32. The van der Waals surface area contributed by atoms with E-state index in [2.05, 4.69) is 17.1 Å². The SMILES string of the molecule is OC1(C(F)(F)F)CCN(C[C@@H]2CC=CCC2)CC1.